The van der Waals surface area contributed by atoms with Gasteiger partial charge in [-0.2, -0.15) is 0 Å². The van der Waals surface area contributed by atoms with Crippen LogP contribution in [0.15, 0.2) is 140 Å². The molecule has 0 fully saturated rings. The van der Waals surface area contributed by atoms with Crippen molar-refractivity contribution < 1.29 is 40.9 Å². The van der Waals surface area contributed by atoms with Crippen LogP contribution in [0.5, 0.6) is 46.0 Å². The maximum absolute atomic E-state index is 12.7. The van der Waals surface area contributed by atoms with Crippen molar-refractivity contribution in [1.29, 1.82) is 0 Å². The van der Waals surface area contributed by atoms with Gasteiger partial charge in [0, 0.05) is 50.0 Å². The summed E-state index contributed by atoms with van der Waals surface area (Å²) >= 11 is 0. The van der Waals surface area contributed by atoms with Gasteiger partial charge in [-0.1, -0.05) is 140 Å². The molecule has 0 saturated carbocycles. The smallest absolute Gasteiger partial charge is 0.122 e. The van der Waals surface area contributed by atoms with Crippen molar-refractivity contribution in [2.45, 2.75) is 99.8 Å². The lowest BCUT2D eigenvalue weighted by molar-refractivity contribution is 0.453. The van der Waals surface area contributed by atoms with E-state index in [4.69, 9.17) is 0 Å². The number of phenols is 8. The van der Waals surface area contributed by atoms with Crippen LogP contribution in [0.4, 0.5) is 0 Å². The van der Waals surface area contributed by atoms with Crippen molar-refractivity contribution in [2.75, 3.05) is 0 Å². The van der Waals surface area contributed by atoms with Gasteiger partial charge in [0.05, 0.1) is 0 Å². The molecular weight excluding hydrogens is 957 g/mol. The van der Waals surface area contributed by atoms with E-state index in [-0.39, 0.29) is 71.7 Å². The molecule has 77 heavy (non-hydrogen) atoms. The molecule has 0 heterocycles. The molecule has 8 N–H and O–H groups in total. The molecular formula is C69H68O8. The number of hydrogen-bond donors (Lipinski definition) is 8. The van der Waals surface area contributed by atoms with E-state index < -0.39 is 5.92 Å². The first kappa shape index (κ1) is 53.2. The van der Waals surface area contributed by atoms with Crippen LogP contribution in [-0.4, -0.2) is 40.9 Å². The lowest BCUT2D eigenvalue weighted by Gasteiger charge is -2.29. The Labute approximate surface area is 452 Å². The van der Waals surface area contributed by atoms with Gasteiger partial charge in [-0.15, -0.1) is 0 Å². The fourth-order valence-electron chi connectivity index (χ4n) is 11.2. The van der Waals surface area contributed by atoms with Crippen molar-refractivity contribution in [1.82, 2.24) is 0 Å². The maximum atomic E-state index is 12.7. The second-order valence-corrected chi connectivity index (χ2v) is 21.2. The summed E-state index contributed by atoms with van der Waals surface area (Å²) in [5, 5.41) is 94.4. The number of hydrogen-bond acceptors (Lipinski definition) is 8. The van der Waals surface area contributed by atoms with Crippen molar-refractivity contribution in [3.8, 4) is 46.0 Å². The zero-order chi connectivity index (χ0) is 55.0. The molecule has 9 aromatic rings. The van der Waals surface area contributed by atoms with Crippen LogP contribution >= 0.6 is 0 Å². The van der Waals surface area contributed by atoms with Crippen LogP contribution < -0.4 is 0 Å². The SMILES string of the molecule is Cc1cccc(Cc2cc(Cc3cccc(C)c3O)c(C)c(C(c3cc(Cc4cccc(C)c4O)c(O)c(Cc4cccc(C)c4O)c3)c3cc(Cc4cccc(C)c4O)c(O)c(Cc4cccc(C)c4O)c3C)c2)c1O. The Morgan fingerprint density at radius 3 is 0.961 bits per heavy atom. The van der Waals surface area contributed by atoms with Gasteiger partial charge in [0.15, 0.2) is 0 Å². The summed E-state index contributed by atoms with van der Waals surface area (Å²) in [5.41, 5.74) is 16.5. The van der Waals surface area contributed by atoms with E-state index in [1.807, 2.05) is 176 Å². The van der Waals surface area contributed by atoms with Gasteiger partial charge in [0.25, 0.3) is 0 Å². The first-order valence-electron chi connectivity index (χ1n) is 26.2. The lowest BCUT2D eigenvalue weighted by Crippen LogP contribution is -2.14. The fraction of sp³-hybridized carbons (Fsp3) is 0.217. The molecule has 0 spiro atoms. The highest BCUT2D eigenvalue weighted by Gasteiger charge is 2.30. The minimum absolute atomic E-state index is 0.0268. The van der Waals surface area contributed by atoms with E-state index in [0.717, 1.165) is 61.2 Å². The Morgan fingerprint density at radius 1 is 0.273 bits per heavy atom. The van der Waals surface area contributed by atoms with Crippen molar-refractivity contribution in [3.05, 3.63) is 267 Å². The number of aromatic hydroxyl groups is 8. The maximum Gasteiger partial charge on any atom is 0.122 e. The summed E-state index contributed by atoms with van der Waals surface area (Å²) in [4.78, 5) is 0. The minimum atomic E-state index is -0.656. The van der Waals surface area contributed by atoms with Gasteiger partial charge in [0.1, 0.15) is 46.0 Å². The average molecular weight is 1030 g/mol. The second-order valence-electron chi connectivity index (χ2n) is 21.2. The zero-order valence-corrected chi connectivity index (χ0v) is 45.2. The molecule has 8 nitrogen and oxygen atoms in total. The van der Waals surface area contributed by atoms with Crippen LogP contribution in [0.2, 0.25) is 0 Å². The Kier molecular flexibility index (Phi) is 15.1. The predicted octanol–water partition coefficient (Wildman–Crippen LogP) is 14.5. The highest BCUT2D eigenvalue weighted by molar-refractivity contribution is 5.63. The Balaban J connectivity index is 1.40. The van der Waals surface area contributed by atoms with Gasteiger partial charge < -0.3 is 40.9 Å². The Morgan fingerprint density at radius 2 is 0.584 bits per heavy atom. The van der Waals surface area contributed by atoms with Gasteiger partial charge in [-0.25, -0.2) is 0 Å². The minimum Gasteiger partial charge on any atom is -0.507 e. The number of rotatable bonds is 15. The van der Waals surface area contributed by atoms with Crippen LogP contribution in [0.25, 0.3) is 0 Å². The molecule has 1 atom stereocenters. The third-order valence-electron chi connectivity index (χ3n) is 15.9. The Bertz CT molecular complexity index is 3660. The second kappa shape index (κ2) is 21.9. The zero-order valence-electron chi connectivity index (χ0n) is 45.2. The lowest BCUT2D eigenvalue weighted by atomic mass is 9.75. The van der Waals surface area contributed by atoms with Gasteiger partial charge in [-0.3, -0.25) is 0 Å². The van der Waals surface area contributed by atoms with Crippen molar-refractivity contribution in [3.63, 3.8) is 0 Å². The monoisotopic (exact) mass is 1020 g/mol. The molecule has 0 saturated heterocycles. The molecule has 9 rings (SSSR count). The highest BCUT2D eigenvalue weighted by atomic mass is 16.3. The molecule has 8 heteroatoms. The van der Waals surface area contributed by atoms with Gasteiger partial charge in [-0.05, 0) is 178 Å². The number of aryl methyl sites for hydroxylation is 6. The summed E-state index contributed by atoms with van der Waals surface area (Å²) in [6, 6.07) is 44.2. The molecule has 0 radical (unpaired) electrons. The molecule has 1 unspecified atom stereocenters. The van der Waals surface area contributed by atoms with Crippen LogP contribution in [-0.2, 0) is 38.5 Å². The van der Waals surface area contributed by atoms with Crippen molar-refractivity contribution >= 4 is 0 Å². The van der Waals surface area contributed by atoms with E-state index in [1.165, 1.54) is 0 Å². The predicted molar refractivity (Wildman–Crippen MR) is 307 cm³/mol. The van der Waals surface area contributed by atoms with E-state index in [9.17, 15) is 40.9 Å². The Hall–Kier alpha value is -8.62. The summed E-state index contributed by atoms with van der Waals surface area (Å²) in [5.74, 6) is 0.336. The standard InChI is InChI=1S/C69H68O8/c1-38-15-9-21-47(62(38)70)27-46-28-53(30-48-22-10-16-39(2)63(48)71)44(7)58(29-46)61(54-34-55(31-49-23-11-17-40(3)64(49)72)68(76)56(35-54)32-50-24-12-18-41(4)65(50)73)59-37-57(33-51-25-13-19-42(5)66(51)74)69(77)60(45(59)8)36-52-26-14-20-43(6)67(52)75/h9-26,28-29,34-35,37,61,70-77H,27,30-33,36H2,1-8H3. The van der Waals surface area contributed by atoms with Crippen molar-refractivity contribution in [2.24, 2.45) is 0 Å². The molecule has 0 bridgehead atoms. The molecule has 392 valence electrons. The molecule has 0 aliphatic rings. The third kappa shape index (κ3) is 10.8. The first-order chi connectivity index (χ1) is 36.8. The summed E-state index contributed by atoms with van der Waals surface area (Å²) in [6.07, 6.45) is 1.42. The number of para-hydroxylation sites is 6. The van der Waals surface area contributed by atoms with E-state index in [2.05, 4.69) is 19.1 Å². The normalized spacial score (nSPS) is 11.8. The largest absolute Gasteiger partial charge is 0.507 e. The van der Waals surface area contributed by atoms with Crippen LogP contribution in [0.3, 0.4) is 0 Å². The molecule has 9 aromatic carbocycles. The molecule has 0 aliphatic heterocycles. The van der Waals surface area contributed by atoms with Crippen LogP contribution in [0.1, 0.15) is 134 Å². The summed E-state index contributed by atoms with van der Waals surface area (Å²) in [6.45, 7) is 15.2. The molecule has 0 aromatic heterocycles. The summed E-state index contributed by atoms with van der Waals surface area (Å²) in [7, 11) is 0. The third-order valence-corrected chi connectivity index (χ3v) is 15.9. The first-order valence-corrected chi connectivity index (χ1v) is 26.2. The summed E-state index contributed by atoms with van der Waals surface area (Å²) < 4.78 is 0. The van der Waals surface area contributed by atoms with E-state index >= 15 is 0 Å². The van der Waals surface area contributed by atoms with E-state index in [0.29, 0.717) is 79.6 Å². The number of benzene rings is 9. The topological polar surface area (TPSA) is 162 Å². The van der Waals surface area contributed by atoms with E-state index in [1.54, 1.807) is 0 Å². The quantitative estimate of drug-likeness (QED) is 0.0471. The number of phenolic OH excluding ortho intramolecular Hbond substituents is 8. The fourth-order valence-corrected chi connectivity index (χ4v) is 11.2. The van der Waals surface area contributed by atoms with Gasteiger partial charge >= 0.3 is 0 Å². The molecule has 0 aliphatic carbocycles. The van der Waals surface area contributed by atoms with Gasteiger partial charge in [0.2, 0.25) is 0 Å². The molecule has 0 amide bonds. The van der Waals surface area contributed by atoms with Crippen LogP contribution in [0, 0.1) is 55.4 Å². The highest BCUT2D eigenvalue weighted by Crippen LogP contribution is 2.46. The average Bonchev–Trinajstić information content (AvgIpc) is 3.40.